The summed E-state index contributed by atoms with van der Waals surface area (Å²) in [5, 5.41) is 31.1. The molecule has 0 amide bonds. The Hall–Kier alpha value is -2.75. The largest absolute Gasteiger partial charge is 0.503 e. The molecule has 0 heterocycles. The first-order valence-corrected chi connectivity index (χ1v) is 15.7. The molecule has 1 fully saturated rings. The highest BCUT2D eigenvalue weighted by molar-refractivity contribution is 9.10. The van der Waals surface area contributed by atoms with Crippen LogP contribution in [0.3, 0.4) is 0 Å². The van der Waals surface area contributed by atoms with Crippen LogP contribution in [0.5, 0.6) is 11.5 Å². The predicted molar refractivity (Wildman–Crippen MR) is 177 cm³/mol. The van der Waals surface area contributed by atoms with Gasteiger partial charge in [0, 0.05) is 22.0 Å². The first-order valence-electron chi connectivity index (χ1n) is 13.3. The minimum absolute atomic E-state index is 0.0618. The van der Waals surface area contributed by atoms with Crippen molar-refractivity contribution in [3.8, 4) is 11.5 Å². The van der Waals surface area contributed by atoms with Crippen molar-refractivity contribution in [2.24, 2.45) is 5.92 Å². The number of benzene rings is 3. The number of anilines is 2. The number of aromatic hydroxyl groups is 2. The fourth-order valence-electron chi connectivity index (χ4n) is 4.28. The van der Waals surface area contributed by atoms with Crippen LogP contribution in [0.25, 0.3) is 0 Å². The highest BCUT2D eigenvalue weighted by atomic mass is 79.9. The molecule has 0 bridgehead atoms. The van der Waals surface area contributed by atoms with E-state index in [1.54, 1.807) is 6.07 Å². The van der Waals surface area contributed by atoms with E-state index < -0.39 is 34.9 Å². The van der Waals surface area contributed by atoms with Crippen LogP contribution in [-0.2, 0) is 12.7 Å². The van der Waals surface area contributed by atoms with Crippen LogP contribution in [0.4, 0.5) is 33.3 Å². The van der Waals surface area contributed by atoms with Crippen LogP contribution < -0.4 is 21.3 Å². The minimum atomic E-state index is -4.38. The van der Waals surface area contributed by atoms with Crippen LogP contribution in [0.1, 0.15) is 43.2 Å². The van der Waals surface area contributed by atoms with Gasteiger partial charge in [-0.1, -0.05) is 63.3 Å². The summed E-state index contributed by atoms with van der Waals surface area (Å²) in [4.78, 5) is 0. The van der Waals surface area contributed by atoms with Gasteiger partial charge in [0.05, 0.1) is 16.9 Å². The van der Waals surface area contributed by atoms with E-state index in [2.05, 4.69) is 53.1 Å². The maximum absolute atomic E-state index is 13.4. The third kappa shape index (κ3) is 11.3. The number of hydrogen-bond donors (Lipinski definition) is 6. The van der Waals surface area contributed by atoms with Crippen molar-refractivity contribution in [1.29, 1.82) is 0 Å². The number of phenolic OH excluding ortho intramolecular Hbond substituents is 2. The molecular weight excluding hydrogens is 755 g/mol. The van der Waals surface area contributed by atoms with Crippen LogP contribution in [0.2, 0.25) is 0 Å². The third-order valence-corrected chi connectivity index (χ3v) is 7.97. The van der Waals surface area contributed by atoms with Gasteiger partial charge in [-0.15, -0.1) is 0 Å². The van der Waals surface area contributed by atoms with Gasteiger partial charge in [0.25, 0.3) is 0 Å². The number of rotatable bonds is 6. The number of thiocarbonyl (C=S) groups is 2. The smallest absolute Gasteiger partial charge is 0.416 e. The highest BCUT2D eigenvalue weighted by Crippen LogP contribution is 2.32. The molecule has 3 aromatic rings. The quantitative estimate of drug-likeness (QED) is 0.0840. The fourth-order valence-corrected chi connectivity index (χ4v) is 5.51. The third-order valence-electron chi connectivity index (χ3n) is 6.56. The molecule has 0 saturated heterocycles. The average Bonchev–Trinajstić information content (AvgIpc) is 2.96. The molecule has 6 N–H and O–H groups in total. The summed E-state index contributed by atoms with van der Waals surface area (Å²) in [6.07, 6.45) is 1.96. The van der Waals surface area contributed by atoms with E-state index >= 15 is 0 Å². The van der Waals surface area contributed by atoms with E-state index in [0.717, 1.165) is 24.7 Å². The average molecular weight is 785 g/mol. The van der Waals surface area contributed by atoms with Gasteiger partial charge in [-0.2, -0.15) is 13.2 Å². The Morgan fingerprint density at radius 1 is 0.773 bits per heavy atom. The number of halogens is 7. The van der Waals surface area contributed by atoms with Crippen molar-refractivity contribution in [3.63, 3.8) is 0 Å². The van der Waals surface area contributed by atoms with Gasteiger partial charge in [-0.3, -0.25) is 0 Å². The van der Waals surface area contributed by atoms with Gasteiger partial charge in [0.15, 0.2) is 33.4 Å². The standard InChI is InChI=1S/C15H11BrF4N2OS.C14H18BrFN2OS/c16-10-5-11(17)13(23)12(6-10)22-14(24)21-7-8-1-3-9(4-2-8)15(18,19)20;15-10-6-11(16)13(19)12(7-10)18-14(20)17-8-9-4-2-1-3-5-9/h1-6,23H,7H2,(H2,21,22,24);6-7,9,19H,1-5,8H2,(H2,17,18,20). The maximum atomic E-state index is 13.4. The van der Waals surface area contributed by atoms with Crippen LogP contribution in [0, 0.1) is 17.6 Å². The Morgan fingerprint density at radius 3 is 1.73 bits per heavy atom. The molecule has 0 aromatic heterocycles. The molecule has 0 atom stereocenters. The molecule has 0 aliphatic heterocycles. The van der Waals surface area contributed by atoms with E-state index in [-0.39, 0.29) is 23.0 Å². The summed E-state index contributed by atoms with van der Waals surface area (Å²) in [6, 6.07) is 9.94. The molecule has 3 aromatic carbocycles. The minimum Gasteiger partial charge on any atom is -0.503 e. The molecule has 238 valence electrons. The molecule has 1 aliphatic rings. The van der Waals surface area contributed by atoms with Gasteiger partial charge >= 0.3 is 6.18 Å². The van der Waals surface area contributed by atoms with Gasteiger partial charge in [0.2, 0.25) is 0 Å². The van der Waals surface area contributed by atoms with E-state index in [1.165, 1.54) is 56.4 Å². The lowest BCUT2D eigenvalue weighted by Crippen LogP contribution is -2.33. The van der Waals surface area contributed by atoms with E-state index in [9.17, 15) is 32.2 Å². The topological polar surface area (TPSA) is 88.6 Å². The van der Waals surface area contributed by atoms with E-state index in [1.807, 2.05) is 0 Å². The van der Waals surface area contributed by atoms with Crippen molar-refractivity contribution in [2.75, 3.05) is 17.2 Å². The summed E-state index contributed by atoms with van der Waals surface area (Å²) >= 11 is 16.5. The molecule has 6 nitrogen and oxygen atoms in total. The van der Waals surface area contributed by atoms with Crippen molar-refractivity contribution in [2.45, 2.75) is 44.8 Å². The lowest BCUT2D eigenvalue weighted by Gasteiger charge is -2.22. The number of nitrogens with one attached hydrogen (secondary N) is 4. The molecule has 1 aliphatic carbocycles. The van der Waals surface area contributed by atoms with Gasteiger partial charge in [-0.25, -0.2) is 8.78 Å². The summed E-state index contributed by atoms with van der Waals surface area (Å²) in [5.41, 5.74) is 0.170. The Kier molecular flexibility index (Phi) is 13.4. The van der Waals surface area contributed by atoms with Gasteiger partial charge in [0.1, 0.15) is 0 Å². The zero-order valence-corrected chi connectivity index (χ0v) is 27.8. The van der Waals surface area contributed by atoms with Crippen molar-refractivity contribution in [3.05, 3.63) is 80.2 Å². The molecule has 44 heavy (non-hydrogen) atoms. The lowest BCUT2D eigenvalue weighted by atomic mass is 9.89. The maximum Gasteiger partial charge on any atom is 0.416 e. The summed E-state index contributed by atoms with van der Waals surface area (Å²) in [7, 11) is 0. The summed E-state index contributed by atoms with van der Waals surface area (Å²) < 4.78 is 65.2. The molecule has 1 saturated carbocycles. The zero-order chi connectivity index (χ0) is 32.4. The van der Waals surface area contributed by atoms with Crippen molar-refractivity contribution in [1.82, 2.24) is 10.6 Å². The summed E-state index contributed by atoms with van der Waals surface area (Å²) in [6.45, 7) is 0.990. The predicted octanol–water partition coefficient (Wildman–Crippen LogP) is 8.96. The van der Waals surface area contributed by atoms with Crippen LogP contribution >= 0.6 is 56.3 Å². The van der Waals surface area contributed by atoms with Gasteiger partial charge in [-0.05, 0) is 85.2 Å². The highest BCUT2D eigenvalue weighted by Gasteiger charge is 2.29. The van der Waals surface area contributed by atoms with Gasteiger partial charge < -0.3 is 31.5 Å². The monoisotopic (exact) mass is 782 g/mol. The Morgan fingerprint density at radius 2 is 1.25 bits per heavy atom. The van der Waals surface area contributed by atoms with Crippen LogP contribution in [-0.4, -0.2) is 27.0 Å². The lowest BCUT2D eigenvalue weighted by molar-refractivity contribution is -0.137. The SMILES string of the molecule is Oc1c(F)cc(Br)cc1NC(=S)NCC1CCCCC1.Oc1c(F)cc(Br)cc1NC(=S)NCc1ccc(C(F)(F)F)cc1. The van der Waals surface area contributed by atoms with Crippen molar-refractivity contribution < 1.29 is 32.2 Å². The zero-order valence-electron chi connectivity index (χ0n) is 23.0. The molecule has 15 heteroatoms. The molecule has 0 spiro atoms. The Bertz CT molecular complexity index is 1460. The molecular formula is C29H29Br2F5N4O2S2. The summed E-state index contributed by atoms with van der Waals surface area (Å²) in [5.74, 6) is -1.86. The van der Waals surface area contributed by atoms with E-state index in [0.29, 0.717) is 25.5 Å². The fraction of sp³-hybridized carbons (Fsp3) is 0.310. The Balaban J connectivity index is 0.000000244. The second kappa shape index (κ2) is 16.5. The molecule has 0 radical (unpaired) electrons. The first-order chi connectivity index (χ1) is 20.7. The van der Waals surface area contributed by atoms with E-state index in [4.69, 9.17) is 24.4 Å². The number of phenols is 2. The second-order valence-electron chi connectivity index (χ2n) is 9.91. The number of alkyl halides is 3. The normalized spacial score (nSPS) is 13.3. The molecule has 0 unspecified atom stereocenters. The second-order valence-corrected chi connectivity index (χ2v) is 12.6. The Labute approximate surface area is 279 Å². The number of hydrogen-bond acceptors (Lipinski definition) is 4. The van der Waals surface area contributed by atoms with Crippen molar-refractivity contribution >= 4 is 77.9 Å². The van der Waals surface area contributed by atoms with Crippen LogP contribution in [0.15, 0.2) is 57.5 Å². The first kappa shape index (κ1) is 35.7. The molecule has 4 rings (SSSR count).